The molecule has 0 aliphatic rings. The highest BCUT2D eigenvalue weighted by molar-refractivity contribution is 6.31. The first-order valence-corrected chi connectivity index (χ1v) is 7.10. The summed E-state index contributed by atoms with van der Waals surface area (Å²) in [5.74, 6) is -0.537. The molecule has 0 aliphatic heterocycles. The lowest BCUT2D eigenvalue weighted by molar-refractivity contribution is 0.0939. The number of hydrazine groups is 1. The Bertz CT molecular complexity index is 695. The molecule has 0 aromatic heterocycles. The summed E-state index contributed by atoms with van der Waals surface area (Å²) in [6, 6.07) is 13.0. The van der Waals surface area contributed by atoms with Crippen LogP contribution in [0.1, 0.15) is 20.7 Å². The van der Waals surface area contributed by atoms with Crippen LogP contribution in [0.2, 0.25) is 10.0 Å². The summed E-state index contributed by atoms with van der Waals surface area (Å²) in [4.78, 5) is 23.6. The average molecular weight is 335 g/mol. The quantitative estimate of drug-likeness (QED) is 0.498. The Morgan fingerprint density at radius 3 is 1.86 bits per heavy atom. The molecule has 1 amide bonds. The molecule has 0 spiro atoms. The van der Waals surface area contributed by atoms with Gasteiger partial charge in [0.2, 0.25) is 0 Å². The molecule has 2 N–H and O–H groups in total. The predicted molar refractivity (Wildman–Crippen MR) is 87.0 cm³/mol. The maximum atomic E-state index is 11.8. The van der Waals surface area contributed by atoms with Gasteiger partial charge in [-0.3, -0.25) is 15.0 Å². The van der Waals surface area contributed by atoms with Gasteiger partial charge in [-0.25, -0.2) is 0 Å². The number of amides is 1. The van der Waals surface area contributed by atoms with Crippen molar-refractivity contribution in [2.24, 2.45) is 0 Å². The minimum absolute atomic E-state index is 0.204. The van der Waals surface area contributed by atoms with Crippen molar-refractivity contribution in [2.45, 2.75) is 0 Å². The van der Waals surface area contributed by atoms with E-state index in [4.69, 9.17) is 23.2 Å². The zero-order valence-electron chi connectivity index (χ0n) is 11.3. The van der Waals surface area contributed by atoms with E-state index in [1.807, 2.05) is 0 Å². The molecule has 0 fully saturated rings. The van der Waals surface area contributed by atoms with Gasteiger partial charge in [0.05, 0.1) is 0 Å². The summed E-state index contributed by atoms with van der Waals surface area (Å²) < 4.78 is 0. The summed E-state index contributed by atoms with van der Waals surface area (Å²) in [6.07, 6.45) is 2.66. The van der Waals surface area contributed by atoms with Gasteiger partial charge in [0.15, 0.2) is 5.78 Å². The van der Waals surface area contributed by atoms with Crippen molar-refractivity contribution in [1.29, 1.82) is 0 Å². The molecular formula is C16H12Cl2N2O2. The molecule has 112 valence electrons. The van der Waals surface area contributed by atoms with Gasteiger partial charge in [0.1, 0.15) is 0 Å². The predicted octanol–water partition coefficient (Wildman–Crippen LogP) is 3.62. The van der Waals surface area contributed by atoms with Crippen LogP contribution in [-0.4, -0.2) is 11.7 Å². The normalized spacial score (nSPS) is 10.5. The second-order valence-electron chi connectivity index (χ2n) is 4.31. The van der Waals surface area contributed by atoms with E-state index in [-0.39, 0.29) is 11.7 Å². The Labute approximate surface area is 137 Å². The summed E-state index contributed by atoms with van der Waals surface area (Å²) in [7, 11) is 0. The van der Waals surface area contributed by atoms with Gasteiger partial charge in [-0.15, -0.1) is 0 Å². The number of rotatable bonds is 5. The summed E-state index contributed by atoms with van der Waals surface area (Å²) in [6.45, 7) is 0. The SMILES string of the molecule is O=C(/C=C/NNC(=O)c1ccc(Cl)cc1)c1ccc(Cl)cc1. The van der Waals surface area contributed by atoms with Gasteiger partial charge >= 0.3 is 0 Å². The van der Waals surface area contributed by atoms with Crippen molar-refractivity contribution in [3.63, 3.8) is 0 Å². The van der Waals surface area contributed by atoms with Crippen molar-refractivity contribution in [3.8, 4) is 0 Å². The maximum Gasteiger partial charge on any atom is 0.269 e. The maximum absolute atomic E-state index is 11.8. The third kappa shape index (κ3) is 4.62. The van der Waals surface area contributed by atoms with E-state index in [1.54, 1.807) is 48.5 Å². The van der Waals surface area contributed by atoms with Crippen LogP contribution >= 0.6 is 23.2 Å². The Morgan fingerprint density at radius 1 is 0.818 bits per heavy atom. The molecule has 0 saturated heterocycles. The number of nitrogens with one attached hydrogen (secondary N) is 2. The van der Waals surface area contributed by atoms with Crippen LogP contribution in [0.15, 0.2) is 60.8 Å². The number of allylic oxidation sites excluding steroid dienone is 1. The molecule has 0 unspecified atom stereocenters. The number of ketones is 1. The molecule has 0 atom stereocenters. The fourth-order valence-corrected chi connectivity index (χ4v) is 1.86. The van der Waals surface area contributed by atoms with Gasteiger partial charge < -0.3 is 5.43 Å². The smallest absolute Gasteiger partial charge is 0.269 e. The average Bonchev–Trinajstić information content (AvgIpc) is 2.52. The highest BCUT2D eigenvalue weighted by Crippen LogP contribution is 2.10. The van der Waals surface area contributed by atoms with Crippen LogP contribution < -0.4 is 10.9 Å². The third-order valence-corrected chi connectivity index (χ3v) is 3.24. The fourth-order valence-electron chi connectivity index (χ4n) is 1.61. The minimum Gasteiger partial charge on any atom is -0.305 e. The van der Waals surface area contributed by atoms with Crippen LogP contribution in [-0.2, 0) is 0 Å². The largest absolute Gasteiger partial charge is 0.305 e. The van der Waals surface area contributed by atoms with E-state index in [0.29, 0.717) is 21.2 Å². The number of carbonyl (C=O) groups excluding carboxylic acids is 2. The summed E-state index contributed by atoms with van der Waals surface area (Å²) in [5.41, 5.74) is 5.95. The van der Waals surface area contributed by atoms with Gasteiger partial charge in [-0.1, -0.05) is 23.2 Å². The summed E-state index contributed by atoms with van der Waals surface area (Å²) in [5, 5.41) is 1.12. The molecule has 0 heterocycles. The summed E-state index contributed by atoms with van der Waals surface area (Å²) >= 11 is 11.5. The molecule has 22 heavy (non-hydrogen) atoms. The van der Waals surface area contributed by atoms with E-state index >= 15 is 0 Å². The molecule has 2 aromatic rings. The van der Waals surface area contributed by atoms with Crippen molar-refractivity contribution in [3.05, 3.63) is 82.0 Å². The Morgan fingerprint density at radius 2 is 1.32 bits per heavy atom. The first-order valence-electron chi connectivity index (χ1n) is 6.34. The van der Waals surface area contributed by atoms with Crippen molar-refractivity contribution < 1.29 is 9.59 Å². The van der Waals surface area contributed by atoms with Gasteiger partial charge in [0, 0.05) is 33.4 Å². The molecular weight excluding hydrogens is 323 g/mol. The molecule has 2 rings (SSSR count). The Balaban J connectivity index is 1.85. The number of hydrogen-bond donors (Lipinski definition) is 2. The fraction of sp³-hybridized carbons (Fsp3) is 0. The first-order chi connectivity index (χ1) is 10.6. The minimum atomic E-state index is -0.333. The van der Waals surface area contributed by atoms with Crippen LogP contribution in [0.5, 0.6) is 0 Å². The van der Waals surface area contributed by atoms with Crippen LogP contribution in [0, 0.1) is 0 Å². The molecule has 0 radical (unpaired) electrons. The Kier molecular flexibility index (Phi) is 5.58. The Hall–Kier alpha value is -2.30. The lowest BCUT2D eigenvalue weighted by Crippen LogP contribution is -2.33. The lowest BCUT2D eigenvalue weighted by Gasteiger charge is -2.04. The third-order valence-electron chi connectivity index (χ3n) is 2.74. The highest BCUT2D eigenvalue weighted by Gasteiger charge is 2.03. The number of hydrogen-bond acceptors (Lipinski definition) is 3. The standard InChI is InChI=1S/C16H12Cl2N2O2/c17-13-5-1-11(2-6-13)15(21)9-10-19-20-16(22)12-3-7-14(18)8-4-12/h1-10,19H,(H,20,22)/b10-9+. The van der Waals surface area contributed by atoms with Crippen LogP contribution in [0.4, 0.5) is 0 Å². The van der Waals surface area contributed by atoms with E-state index in [2.05, 4.69) is 10.9 Å². The van der Waals surface area contributed by atoms with Crippen molar-refractivity contribution in [1.82, 2.24) is 10.9 Å². The molecule has 0 saturated carbocycles. The number of benzene rings is 2. The van der Waals surface area contributed by atoms with Crippen LogP contribution in [0.3, 0.4) is 0 Å². The molecule has 0 aliphatic carbocycles. The highest BCUT2D eigenvalue weighted by atomic mass is 35.5. The van der Waals surface area contributed by atoms with Gasteiger partial charge in [-0.2, -0.15) is 0 Å². The van der Waals surface area contributed by atoms with E-state index < -0.39 is 0 Å². The monoisotopic (exact) mass is 334 g/mol. The van der Waals surface area contributed by atoms with E-state index in [0.717, 1.165) is 0 Å². The molecule has 2 aromatic carbocycles. The first kappa shape index (κ1) is 16.1. The van der Waals surface area contributed by atoms with Crippen molar-refractivity contribution in [2.75, 3.05) is 0 Å². The van der Waals surface area contributed by atoms with Crippen molar-refractivity contribution >= 4 is 34.9 Å². The number of carbonyl (C=O) groups is 2. The second kappa shape index (κ2) is 7.64. The number of halogens is 2. The lowest BCUT2D eigenvalue weighted by atomic mass is 10.1. The van der Waals surface area contributed by atoms with E-state index in [1.165, 1.54) is 12.3 Å². The second-order valence-corrected chi connectivity index (χ2v) is 5.18. The zero-order chi connectivity index (χ0) is 15.9. The molecule has 6 heteroatoms. The van der Waals surface area contributed by atoms with Crippen LogP contribution in [0.25, 0.3) is 0 Å². The molecule has 0 bridgehead atoms. The van der Waals surface area contributed by atoms with Gasteiger partial charge in [-0.05, 0) is 48.5 Å². The van der Waals surface area contributed by atoms with E-state index in [9.17, 15) is 9.59 Å². The molecule has 4 nitrogen and oxygen atoms in total. The zero-order valence-corrected chi connectivity index (χ0v) is 12.9. The van der Waals surface area contributed by atoms with Gasteiger partial charge in [0.25, 0.3) is 5.91 Å². The topological polar surface area (TPSA) is 58.2 Å².